The Morgan fingerprint density at radius 3 is 2.62 bits per heavy atom. The second-order valence-corrected chi connectivity index (χ2v) is 7.03. The molecule has 1 aromatic rings. The van der Waals surface area contributed by atoms with E-state index in [9.17, 15) is 4.79 Å². The molecule has 2 heterocycles. The zero-order valence-electron chi connectivity index (χ0n) is 13.0. The zero-order chi connectivity index (χ0) is 17.4. The SMILES string of the molecule is COc1c(Br)cc(Cc2c3[nH]c(=N)nc-3ccn(C)c2=O)cc1Br. The molecule has 0 saturated carbocycles. The molecule has 0 spiro atoms. The van der Waals surface area contributed by atoms with Gasteiger partial charge in [0.25, 0.3) is 5.56 Å². The maximum Gasteiger partial charge on any atom is 0.255 e. The van der Waals surface area contributed by atoms with Crippen molar-refractivity contribution in [1.82, 2.24) is 14.5 Å². The molecule has 124 valence electrons. The highest BCUT2D eigenvalue weighted by Crippen LogP contribution is 2.35. The number of nitrogens with one attached hydrogen (secondary N) is 2. The molecule has 0 fully saturated rings. The number of fused-ring (bicyclic) bond motifs is 1. The van der Waals surface area contributed by atoms with Crippen molar-refractivity contribution in [2.45, 2.75) is 6.42 Å². The number of hydrogen-bond acceptors (Lipinski definition) is 4. The quantitative estimate of drug-likeness (QED) is 0.639. The molecule has 1 aromatic carbocycles. The molecule has 6 nitrogen and oxygen atoms in total. The van der Waals surface area contributed by atoms with Gasteiger partial charge in [-0.2, -0.15) is 0 Å². The summed E-state index contributed by atoms with van der Waals surface area (Å²) in [6, 6.07) is 5.56. The summed E-state index contributed by atoms with van der Waals surface area (Å²) in [5, 5.41) is 7.70. The maximum atomic E-state index is 12.7. The van der Waals surface area contributed by atoms with E-state index in [2.05, 4.69) is 41.8 Å². The predicted molar refractivity (Wildman–Crippen MR) is 97.5 cm³/mol. The second kappa shape index (κ2) is 6.52. The second-order valence-electron chi connectivity index (χ2n) is 5.33. The standard InChI is InChI=1S/C16H14Br2N4O2/c1-22-4-3-12-13(21-16(19)20-12)9(15(22)23)5-8-6-10(17)14(24-2)11(18)7-8/h3-4,6-7H,5H2,1-2H3,(H2,19,21). The summed E-state index contributed by atoms with van der Waals surface area (Å²) in [7, 11) is 3.30. The summed E-state index contributed by atoms with van der Waals surface area (Å²) >= 11 is 6.96. The summed E-state index contributed by atoms with van der Waals surface area (Å²) in [5.74, 6) is 0.699. The van der Waals surface area contributed by atoms with Gasteiger partial charge in [-0.15, -0.1) is 0 Å². The van der Waals surface area contributed by atoms with Crippen LogP contribution in [0.5, 0.6) is 5.75 Å². The summed E-state index contributed by atoms with van der Waals surface area (Å²) in [6.07, 6.45) is 2.06. The van der Waals surface area contributed by atoms with Crippen LogP contribution in [-0.4, -0.2) is 21.6 Å². The third kappa shape index (κ3) is 3.03. The van der Waals surface area contributed by atoms with Crippen molar-refractivity contribution in [2.24, 2.45) is 7.05 Å². The zero-order valence-corrected chi connectivity index (χ0v) is 16.2. The average Bonchev–Trinajstić information content (AvgIpc) is 2.85. The number of aryl methyl sites for hydroxylation is 1. The first-order valence-electron chi connectivity index (χ1n) is 7.05. The Bertz CT molecular complexity index is 987. The minimum Gasteiger partial charge on any atom is -0.494 e. The predicted octanol–water partition coefficient (Wildman–Crippen LogP) is 2.82. The number of rotatable bonds is 3. The Morgan fingerprint density at radius 1 is 1.33 bits per heavy atom. The molecule has 8 heteroatoms. The fourth-order valence-electron chi connectivity index (χ4n) is 2.58. The first kappa shape index (κ1) is 16.9. The van der Waals surface area contributed by atoms with Crippen molar-refractivity contribution < 1.29 is 4.74 Å². The molecule has 0 saturated heterocycles. The van der Waals surface area contributed by atoms with Crippen molar-refractivity contribution in [3.05, 3.63) is 60.4 Å². The highest BCUT2D eigenvalue weighted by molar-refractivity contribution is 9.11. The van der Waals surface area contributed by atoms with Gasteiger partial charge in [0.05, 0.1) is 27.4 Å². The molecule has 0 bridgehead atoms. The van der Waals surface area contributed by atoms with E-state index in [1.54, 1.807) is 26.4 Å². The van der Waals surface area contributed by atoms with Crippen molar-refractivity contribution in [2.75, 3.05) is 7.11 Å². The Hall–Kier alpha value is -1.93. The Balaban J connectivity index is 2.18. The third-order valence-corrected chi connectivity index (χ3v) is 4.89. The van der Waals surface area contributed by atoms with Crippen molar-refractivity contribution >= 4 is 31.9 Å². The van der Waals surface area contributed by atoms with Crippen LogP contribution in [0.2, 0.25) is 0 Å². The number of nitrogens with zero attached hydrogens (tertiary/aromatic N) is 2. The minimum atomic E-state index is -0.128. The lowest BCUT2D eigenvalue weighted by molar-refractivity contribution is 0.409. The van der Waals surface area contributed by atoms with E-state index in [0.717, 1.165) is 14.5 Å². The Kier molecular flexibility index (Phi) is 4.60. The van der Waals surface area contributed by atoms with Gasteiger partial charge in [-0.1, -0.05) is 0 Å². The molecule has 0 amide bonds. The lowest BCUT2D eigenvalue weighted by Crippen LogP contribution is -2.19. The van der Waals surface area contributed by atoms with Gasteiger partial charge < -0.3 is 14.3 Å². The number of benzene rings is 1. The third-order valence-electron chi connectivity index (χ3n) is 3.71. The largest absolute Gasteiger partial charge is 0.494 e. The minimum absolute atomic E-state index is 0.0385. The van der Waals surface area contributed by atoms with E-state index in [4.69, 9.17) is 10.1 Å². The highest BCUT2D eigenvalue weighted by atomic mass is 79.9. The summed E-state index contributed by atoms with van der Waals surface area (Å²) in [6.45, 7) is 0. The molecule has 0 atom stereocenters. The molecule has 0 radical (unpaired) electrons. The molecule has 3 rings (SSSR count). The topological polar surface area (TPSA) is 83.8 Å². The van der Waals surface area contributed by atoms with Crippen LogP contribution < -0.4 is 15.9 Å². The van der Waals surface area contributed by atoms with Crippen LogP contribution in [0.1, 0.15) is 11.1 Å². The molecule has 24 heavy (non-hydrogen) atoms. The molecule has 0 unspecified atom stereocenters. The Morgan fingerprint density at radius 2 is 2.00 bits per heavy atom. The fourth-order valence-corrected chi connectivity index (χ4v) is 4.19. The van der Waals surface area contributed by atoms with Crippen LogP contribution in [0, 0.1) is 5.41 Å². The highest BCUT2D eigenvalue weighted by Gasteiger charge is 2.17. The van der Waals surface area contributed by atoms with E-state index >= 15 is 0 Å². The number of H-pyrrole nitrogens is 1. The van der Waals surface area contributed by atoms with Gasteiger partial charge >= 0.3 is 0 Å². The van der Waals surface area contributed by atoms with Gasteiger partial charge in [0.15, 0.2) is 0 Å². The van der Waals surface area contributed by atoms with Gasteiger partial charge in [-0.25, -0.2) is 4.98 Å². The lowest BCUT2D eigenvalue weighted by Gasteiger charge is -2.09. The van der Waals surface area contributed by atoms with Crippen LogP contribution in [0.4, 0.5) is 0 Å². The first-order valence-corrected chi connectivity index (χ1v) is 8.64. The number of imidazole rings is 1. The van der Waals surface area contributed by atoms with Crippen LogP contribution >= 0.6 is 31.9 Å². The van der Waals surface area contributed by atoms with Crippen molar-refractivity contribution in [3.8, 4) is 17.1 Å². The Labute approximate surface area is 154 Å². The average molecular weight is 454 g/mol. The molecule has 2 aliphatic heterocycles. The van der Waals surface area contributed by atoms with E-state index in [0.29, 0.717) is 29.1 Å². The fraction of sp³-hybridized carbons (Fsp3) is 0.188. The molecule has 2 N–H and O–H groups in total. The first-order chi connectivity index (χ1) is 11.4. The van der Waals surface area contributed by atoms with Gasteiger partial charge in [-0.3, -0.25) is 10.2 Å². The van der Waals surface area contributed by atoms with Crippen molar-refractivity contribution in [1.29, 1.82) is 5.41 Å². The maximum absolute atomic E-state index is 12.7. The van der Waals surface area contributed by atoms with E-state index < -0.39 is 0 Å². The van der Waals surface area contributed by atoms with Crippen LogP contribution in [-0.2, 0) is 13.5 Å². The molecular weight excluding hydrogens is 440 g/mol. The monoisotopic (exact) mass is 452 g/mol. The van der Waals surface area contributed by atoms with Crippen LogP contribution in [0.15, 0.2) is 38.1 Å². The van der Waals surface area contributed by atoms with E-state index in [1.807, 2.05) is 12.1 Å². The van der Waals surface area contributed by atoms with Gasteiger partial charge in [0.1, 0.15) is 5.75 Å². The number of aromatic amines is 1. The van der Waals surface area contributed by atoms with Gasteiger partial charge in [0, 0.05) is 25.2 Å². The molecule has 2 aliphatic rings. The molecule has 0 aromatic heterocycles. The van der Waals surface area contributed by atoms with Crippen molar-refractivity contribution in [3.63, 3.8) is 0 Å². The van der Waals surface area contributed by atoms with Gasteiger partial charge in [0.2, 0.25) is 5.62 Å². The summed E-state index contributed by atoms with van der Waals surface area (Å²) in [5.41, 5.74) is 2.59. The van der Waals surface area contributed by atoms with Crippen LogP contribution in [0.25, 0.3) is 11.4 Å². The number of aromatic nitrogens is 3. The normalized spacial score (nSPS) is 11.0. The van der Waals surface area contributed by atoms with E-state index in [1.165, 1.54) is 4.57 Å². The number of methoxy groups -OCH3 is 1. The molecular formula is C16H14Br2N4O2. The summed E-state index contributed by atoms with van der Waals surface area (Å²) < 4.78 is 8.43. The number of ether oxygens (including phenoxy) is 1. The van der Waals surface area contributed by atoms with Crippen LogP contribution in [0.3, 0.4) is 0 Å². The smallest absolute Gasteiger partial charge is 0.255 e. The number of hydrogen-bond donors (Lipinski definition) is 2. The number of halogens is 2. The van der Waals surface area contributed by atoms with E-state index in [-0.39, 0.29) is 11.2 Å². The van der Waals surface area contributed by atoms with Gasteiger partial charge in [-0.05, 0) is 55.6 Å². The molecule has 0 aliphatic carbocycles. The summed E-state index contributed by atoms with van der Waals surface area (Å²) in [4.78, 5) is 19.7. The lowest BCUT2D eigenvalue weighted by atomic mass is 10.0.